The van der Waals surface area contributed by atoms with Crippen molar-refractivity contribution in [3.8, 4) is 5.88 Å². The number of nitrogens with one attached hydrogen (secondary N) is 1. The van der Waals surface area contributed by atoms with Gasteiger partial charge in [0, 0.05) is 0 Å². The van der Waals surface area contributed by atoms with Gasteiger partial charge in [0.15, 0.2) is 12.4 Å². The number of carboxylic acid groups (broad SMARTS) is 1. The van der Waals surface area contributed by atoms with Crippen molar-refractivity contribution in [3.05, 3.63) is 12.4 Å². The van der Waals surface area contributed by atoms with E-state index in [4.69, 9.17) is 9.84 Å². The van der Waals surface area contributed by atoms with Gasteiger partial charge in [-0.1, -0.05) is 6.92 Å². The van der Waals surface area contributed by atoms with Gasteiger partial charge in [0.2, 0.25) is 5.88 Å². The molecule has 1 heterocycles. The quantitative estimate of drug-likeness (QED) is 0.662. The Kier molecular flexibility index (Phi) is 5.00. The van der Waals surface area contributed by atoms with Gasteiger partial charge in [-0.2, -0.15) is 4.98 Å². The molecule has 0 saturated carbocycles. The predicted octanol–water partition coefficient (Wildman–Crippen LogP) is 0.693. The molecule has 1 aromatic heterocycles. The van der Waals surface area contributed by atoms with E-state index in [1.807, 2.05) is 6.92 Å². The molecule has 88 valence electrons. The monoisotopic (exact) mass is 227 g/mol. The van der Waals surface area contributed by atoms with Gasteiger partial charge in [-0.15, -0.1) is 0 Å². The Bertz CT molecular complexity index is 345. The molecular formula is C9H13N3O4. The Morgan fingerprint density at radius 3 is 3.06 bits per heavy atom. The van der Waals surface area contributed by atoms with E-state index in [1.165, 1.54) is 12.4 Å². The molecule has 0 amide bonds. The third-order valence-electron chi connectivity index (χ3n) is 1.44. The van der Waals surface area contributed by atoms with Crippen LogP contribution in [0.1, 0.15) is 13.3 Å². The summed E-state index contributed by atoms with van der Waals surface area (Å²) in [7, 11) is 0. The molecular weight excluding hydrogens is 214 g/mol. The number of ether oxygens (including phenoxy) is 1. The highest BCUT2D eigenvalue weighted by Gasteiger charge is 2.01. The van der Waals surface area contributed by atoms with E-state index < -0.39 is 12.6 Å². The number of rotatable bonds is 7. The normalized spacial score (nSPS) is 9.81. The number of carbonyl (C=O) groups is 1. The average Bonchev–Trinajstić information content (AvgIpc) is 2.26. The van der Waals surface area contributed by atoms with Crippen LogP contribution < -0.4 is 10.2 Å². The van der Waals surface area contributed by atoms with Crippen molar-refractivity contribution in [1.82, 2.24) is 9.97 Å². The van der Waals surface area contributed by atoms with Crippen molar-refractivity contribution in [3.63, 3.8) is 0 Å². The molecule has 0 aliphatic rings. The molecule has 0 saturated heterocycles. The van der Waals surface area contributed by atoms with Gasteiger partial charge in [-0.3, -0.25) is 9.82 Å². The fraction of sp³-hybridized carbons (Fsp3) is 0.444. The van der Waals surface area contributed by atoms with Crippen molar-refractivity contribution in [2.75, 3.05) is 18.7 Å². The fourth-order valence-electron chi connectivity index (χ4n) is 0.845. The van der Waals surface area contributed by atoms with Crippen LogP contribution in [0.2, 0.25) is 0 Å². The first kappa shape index (κ1) is 12.2. The summed E-state index contributed by atoms with van der Waals surface area (Å²) < 4.78 is 5.24. The van der Waals surface area contributed by atoms with Crippen LogP contribution in [0.4, 0.5) is 5.82 Å². The summed E-state index contributed by atoms with van der Waals surface area (Å²) in [5.74, 6) is -0.403. The van der Waals surface area contributed by atoms with Crippen molar-refractivity contribution >= 4 is 11.8 Å². The van der Waals surface area contributed by atoms with Crippen LogP contribution in [-0.2, 0) is 9.63 Å². The first-order valence-corrected chi connectivity index (χ1v) is 4.76. The van der Waals surface area contributed by atoms with Crippen LogP contribution in [0.5, 0.6) is 5.88 Å². The summed E-state index contributed by atoms with van der Waals surface area (Å²) in [6.07, 6.45) is 3.74. The highest BCUT2D eigenvalue weighted by Crippen LogP contribution is 2.08. The molecule has 0 unspecified atom stereocenters. The van der Waals surface area contributed by atoms with Crippen molar-refractivity contribution in [1.29, 1.82) is 0 Å². The predicted molar refractivity (Wildman–Crippen MR) is 55.0 cm³/mol. The topological polar surface area (TPSA) is 93.6 Å². The van der Waals surface area contributed by atoms with E-state index >= 15 is 0 Å². The number of anilines is 1. The number of hydrogen-bond donors (Lipinski definition) is 2. The Balaban J connectivity index is 2.43. The molecule has 0 aromatic carbocycles. The summed E-state index contributed by atoms with van der Waals surface area (Å²) in [6.45, 7) is 2.07. The molecule has 0 fully saturated rings. The lowest BCUT2D eigenvalue weighted by atomic mass is 10.5. The van der Waals surface area contributed by atoms with E-state index in [-0.39, 0.29) is 0 Å². The maximum absolute atomic E-state index is 10.2. The molecule has 16 heavy (non-hydrogen) atoms. The standard InChI is InChI=1S/C9H13N3O4/c1-2-3-15-8-5-10-4-7(11-8)12-16-6-9(13)14/h4-5H,2-3,6H2,1H3,(H,11,12)(H,13,14). The minimum atomic E-state index is -1.07. The molecule has 0 bridgehead atoms. The highest BCUT2D eigenvalue weighted by molar-refractivity contribution is 5.68. The average molecular weight is 227 g/mol. The minimum Gasteiger partial charge on any atom is -0.479 e. The largest absolute Gasteiger partial charge is 0.479 e. The van der Waals surface area contributed by atoms with Crippen LogP contribution in [-0.4, -0.2) is 34.3 Å². The minimum absolute atomic E-state index is 0.301. The lowest BCUT2D eigenvalue weighted by Crippen LogP contribution is -2.12. The Labute approximate surface area is 92.4 Å². The summed E-state index contributed by atoms with van der Waals surface area (Å²) in [5, 5.41) is 8.34. The molecule has 0 aliphatic carbocycles. The molecule has 0 spiro atoms. The number of carboxylic acids is 1. The zero-order valence-electron chi connectivity index (χ0n) is 8.84. The van der Waals surface area contributed by atoms with Crippen LogP contribution in [0.3, 0.4) is 0 Å². The number of nitrogens with zero attached hydrogens (tertiary/aromatic N) is 2. The summed E-state index contributed by atoms with van der Waals surface area (Å²) >= 11 is 0. The molecule has 1 aromatic rings. The summed E-state index contributed by atoms with van der Waals surface area (Å²) in [6, 6.07) is 0. The smallest absolute Gasteiger partial charge is 0.332 e. The van der Waals surface area contributed by atoms with Gasteiger partial charge in [-0.25, -0.2) is 10.3 Å². The first-order chi connectivity index (χ1) is 7.72. The third kappa shape index (κ3) is 4.56. The summed E-state index contributed by atoms with van der Waals surface area (Å²) in [4.78, 5) is 22.7. The molecule has 0 radical (unpaired) electrons. The highest BCUT2D eigenvalue weighted by atomic mass is 16.7. The Hall–Kier alpha value is -1.89. The van der Waals surface area contributed by atoms with Crippen LogP contribution in [0, 0.1) is 0 Å². The second-order valence-electron chi connectivity index (χ2n) is 2.88. The van der Waals surface area contributed by atoms with E-state index in [2.05, 4.69) is 20.3 Å². The van der Waals surface area contributed by atoms with Gasteiger partial charge in [0.05, 0.1) is 19.0 Å². The zero-order valence-corrected chi connectivity index (χ0v) is 8.84. The van der Waals surface area contributed by atoms with Gasteiger partial charge >= 0.3 is 5.97 Å². The molecule has 1 rings (SSSR count). The lowest BCUT2D eigenvalue weighted by Gasteiger charge is -2.06. The number of aromatic nitrogens is 2. The Morgan fingerprint density at radius 2 is 2.38 bits per heavy atom. The van der Waals surface area contributed by atoms with Gasteiger partial charge in [-0.05, 0) is 6.42 Å². The van der Waals surface area contributed by atoms with Crippen molar-refractivity contribution in [2.24, 2.45) is 0 Å². The molecule has 2 N–H and O–H groups in total. The summed E-state index contributed by atoms with van der Waals surface area (Å²) in [5.41, 5.74) is 2.36. The van der Waals surface area contributed by atoms with Gasteiger partial charge in [0.1, 0.15) is 0 Å². The zero-order chi connectivity index (χ0) is 11.8. The van der Waals surface area contributed by atoms with Crippen LogP contribution in [0.15, 0.2) is 12.4 Å². The maximum atomic E-state index is 10.2. The third-order valence-corrected chi connectivity index (χ3v) is 1.44. The van der Waals surface area contributed by atoms with Crippen molar-refractivity contribution < 1.29 is 19.5 Å². The van der Waals surface area contributed by atoms with E-state index in [0.717, 1.165) is 6.42 Å². The SMILES string of the molecule is CCCOc1cncc(NOCC(=O)O)n1. The van der Waals surface area contributed by atoms with E-state index in [9.17, 15) is 4.79 Å². The molecule has 7 nitrogen and oxygen atoms in total. The van der Waals surface area contributed by atoms with E-state index in [1.54, 1.807) is 0 Å². The second-order valence-corrected chi connectivity index (χ2v) is 2.88. The van der Waals surface area contributed by atoms with Crippen LogP contribution >= 0.6 is 0 Å². The Morgan fingerprint density at radius 1 is 1.56 bits per heavy atom. The van der Waals surface area contributed by atoms with E-state index in [0.29, 0.717) is 18.3 Å². The van der Waals surface area contributed by atoms with Gasteiger partial charge in [0.25, 0.3) is 0 Å². The van der Waals surface area contributed by atoms with Crippen molar-refractivity contribution in [2.45, 2.75) is 13.3 Å². The van der Waals surface area contributed by atoms with Gasteiger partial charge < -0.3 is 9.84 Å². The number of aliphatic carboxylic acids is 1. The molecule has 7 heteroatoms. The molecule has 0 atom stereocenters. The lowest BCUT2D eigenvalue weighted by molar-refractivity contribution is -0.141. The molecule has 0 aliphatic heterocycles. The fourth-order valence-corrected chi connectivity index (χ4v) is 0.845. The first-order valence-electron chi connectivity index (χ1n) is 4.76. The number of hydrogen-bond acceptors (Lipinski definition) is 6. The maximum Gasteiger partial charge on any atom is 0.332 e. The second kappa shape index (κ2) is 6.57. The van der Waals surface area contributed by atoms with Crippen LogP contribution in [0.25, 0.3) is 0 Å².